The quantitative estimate of drug-likeness (QED) is 0.702. The molecule has 1 aromatic carbocycles. The van der Waals surface area contributed by atoms with E-state index in [-0.39, 0.29) is 5.75 Å². The highest BCUT2D eigenvalue weighted by atomic mass is 35.5. The molecule has 0 bridgehead atoms. The summed E-state index contributed by atoms with van der Waals surface area (Å²) in [7, 11) is -3.11. The standard InChI is InChI=1S/C17H27ClN2O3S/c1-15(2)7-14-24(21,22)20-10-8-19(9-11-20)12-13-23-17-6-4-3-5-16(17)18/h3-6,15H,7-14H2,1-2H3. The van der Waals surface area contributed by atoms with Crippen LogP contribution in [-0.2, 0) is 10.0 Å². The fourth-order valence-electron chi connectivity index (χ4n) is 2.59. The van der Waals surface area contributed by atoms with E-state index < -0.39 is 10.0 Å². The zero-order valence-corrected chi connectivity index (χ0v) is 16.0. The number of para-hydroxylation sites is 1. The summed E-state index contributed by atoms with van der Waals surface area (Å²) in [5, 5.41) is 0.610. The largest absolute Gasteiger partial charge is 0.491 e. The van der Waals surface area contributed by atoms with Crippen molar-refractivity contribution in [2.24, 2.45) is 5.92 Å². The van der Waals surface area contributed by atoms with Gasteiger partial charge in [-0.3, -0.25) is 4.90 Å². The monoisotopic (exact) mass is 374 g/mol. The van der Waals surface area contributed by atoms with E-state index in [9.17, 15) is 8.42 Å². The number of hydrogen-bond acceptors (Lipinski definition) is 4. The Bertz CT molecular complexity index is 614. The lowest BCUT2D eigenvalue weighted by molar-refractivity contribution is 0.159. The maximum Gasteiger partial charge on any atom is 0.214 e. The highest BCUT2D eigenvalue weighted by Gasteiger charge is 2.26. The lowest BCUT2D eigenvalue weighted by atomic mass is 10.2. The van der Waals surface area contributed by atoms with Crippen LogP contribution < -0.4 is 4.74 Å². The summed E-state index contributed by atoms with van der Waals surface area (Å²) in [6.45, 7) is 8.02. The third-order valence-corrected chi connectivity index (χ3v) is 6.40. The molecular formula is C17H27ClN2O3S. The van der Waals surface area contributed by atoms with Gasteiger partial charge >= 0.3 is 0 Å². The van der Waals surface area contributed by atoms with Gasteiger partial charge in [0.25, 0.3) is 0 Å². The molecule has 1 aliphatic rings. The molecule has 0 atom stereocenters. The van der Waals surface area contributed by atoms with Gasteiger partial charge in [-0.15, -0.1) is 0 Å². The number of sulfonamides is 1. The van der Waals surface area contributed by atoms with Crippen LogP contribution in [-0.4, -0.2) is 62.7 Å². The number of hydrogen-bond donors (Lipinski definition) is 0. The van der Waals surface area contributed by atoms with Gasteiger partial charge in [0.05, 0.1) is 10.8 Å². The van der Waals surface area contributed by atoms with E-state index in [4.69, 9.17) is 16.3 Å². The van der Waals surface area contributed by atoms with Gasteiger partial charge in [-0.25, -0.2) is 8.42 Å². The third kappa shape index (κ3) is 5.92. The summed E-state index contributed by atoms with van der Waals surface area (Å²) in [5.74, 6) is 1.34. The first-order valence-electron chi connectivity index (χ1n) is 8.46. The number of piperazine rings is 1. The maximum atomic E-state index is 12.3. The van der Waals surface area contributed by atoms with Crippen LogP contribution in [0.15, 0.2) is 24.3 Å². The first-order chi connectivity index (χ1) is 11.4. The van der Waals surface area contributed by atoms with Crippen molar-refractivity contribution < 1.29 is 13.2 Å². The predicted octanol–water partition coefficient (Wildman–Crippen LogP) is 2.71. The molecule has 0 unspecified atom stereocenters. The minimum absolute atomic E-state index is 0.250. The molecule has 1 fully saturated rings. The Labute approximate surface area is 150 Å². The molecule has 0 saturated carbocycles. The Balaban J connectivity index is 1.72. The molecule has 0 aromatic heterocycles. The van der Waals surface area contributed by atoms with E-state index in [1.54, 1.807) is 10.4 Å². The SMILES string of the molecule is CC(C)CCS(=O)(=O)N1CCN(CCOc2ccccc2Cl)CC1. The molecule has 1 aromatic rings. The van der Waals surface area contributed by atoms with Crippen LogP contribution in [0.2, 0.25) is 5.02 Å². The van der Waals surface area contributed by atoms with Crippen LogP contribution in [0.5, 0.6) is 5.75 Å². The lowest BCUT2D eigenvalue weighted by Crippen LogP contribution is -2.50. The summed E-state index contributed by atoms with van der Waals surface area (Å²) in [4.78, 5) is 2.23. The van der Waals surface area contributed by atoms with Gasteiger partial charge in [0.2, 0.25) is 10.0 Å². The van der Waals surface area contributed by atoms with E-state index in [0.717, 1.165) is 19.6 Å². The van der Waals surface area contributed by atoms with E-state index in [1.165, 1.54) is 0 Å². The first-order valence-corrected chi connectivity index (χ1v) is 10.4. The van der Waals surface area contributed by atoms with Crippen molar-refractivity contribution in [3.63, 3.8) is 0 Å². The molecule has 0 amide bonds. The van der Waals surface area contributed by atoms with Gasteiger partial charge in [-0.05, 0) is 24.5 Å². The van der Waals surface area contributed by atoms with E-state index in [0.29, 0.717) is 42.8 Å². The van der Waals surface area contributed by atoms with Crippen molar-refractivity contribution in [1.29, 1.82) is 0 Å². The zero-order valence-electron chi connectivity index (χ0n) is 14.4. The molecule has 0 aliphatic carbocycles. The van der Waals surface area contributed by atoms with E-state index in [1.807, 2.05) is 32.0 Å². The first kappa shape index (κ1) is 19.5. The molecule has 5 nitrogen and oxygen atoms in total. The highest BCUT2D eigenvalue weighted by Crippen LogP contribution is 2.23. The second-order valence-electron chi connectivity index (χ2n) is 6.52. The Morgan fingerprint density at radius 3 is 2.46 bits per heavy atom. The van der Waals surface area contributed by atoms with Crippen molar-refractivity contribution in [2.75, 3.05) is 45.1 Å². The van der Waals surface area contributed by atoms with Crippen molar-refractivity contribution >= 4 is 21.6 Å². The molecule has 0 radical (unpaired) electrons. The van der Waals surface area contributed by atoms with Crippen LogP contribution in [0.4, 0.5) is 0 Å². The summed E-state index contributed by atoms with van der Waals surface area (Å²) < 4.78 is 31.9. The van der Waals surface area contributed by atoms with Gasteiger partial charge in [0.15, 0.2) is 0 Å². The highest BCUT2D eigenvalue weighted by molar-refractivity contribution is 7.89. The van der Waals surface area contributed by atoms with Crippen LogP contribution in [0, 0.1) is 5.92 Å². The topological polar surface area (TPSA) is 49.9 Å². The van der Waals surface area contributed by atoms with Gasteiger partial charge in [-0.1, -0.05) is 37.6 Å². The molecule has 1 aliphatic heterocycles. The number of halogens is 1. The van der Waals surface area contributed by atoms with Crippen molar-refractivity contribution in [1.82, 2.24) is 9.21 Å². The second kappa shape index (κ2) is 9.04. The molecule has 136 valence electrons. The van der Waals surface area contributed by atoms with Crippen molar-refractivity contribution in [3.05, 3.63) is 29.3 Å². The second-order valence-corrected chi connectivity index (χ2v) is 9.01. The van der Waals surface area contributed by atoms with E-state index in [2.05, 4.69) is 4.90 Å². The van der Waals surface area contributed by atoms with Gasteiger partial charge in [0.1, 0.15) is 12.4 Å². The molecule has 1 heterocycles. The molecular weight excluding hydrogens is 348 g/mol. The van der Waals surface area contributed by atoms with Gasteiger partial charge in [-0.2, -0.15) is 4.31 Å². The molecule has 7 heteroatoms. The maximum absolute atomic E-state index is 12.3. The average molecular weight is 375 g/mol. The fraction of sp³-hybridized carbons (Fsp3) is 0.647. The summed E-state index contributed by atoms with van der Waals surface area (Å²) in [6.07, 6.45) is 0.716. The van der Waals surface area contributed by atoms with E-state index >= 15 is 0 Å². The fourth-order valence-corrected chi connectivity index (χ4v) is 4.53. The minimum Gasteiger partial charge on any atom is -0.491 e. The van der Waals surface area contributed by atoms with Crippen LogP contribution >= 0.6 is 11.6 Å². The Kier molecular flexibility index (Phi) is 7.34. The normalized spacial score (nSPS) is 17.3. The third-order valence-electron chi connectivity index (χ3n) is 4.18. The number of rotatable bonds is 8. The molecule has 2 rings (SSSR count). The van der Waals surface area contributed by atoms with Crippen LogP contribution in [0.1, 0.15) is 20.3 Å². The van der Waals surface area contributed by atoms with Crippen molar-refractivity contribution in [3.8, 4) is 5.75 Å². The lowest BCUT2D eigenvalue weighted by Gasteiger charge is -2.34. The van der Waals surface area contributed by atoms with Crippen LogP contribution in [0.3, 0.4) is 0 Å². The molecule has 0 spiro atoms. The Morgan fingerprint density at radius 2 is 1.83 bits per heavy atom. The van der Waals surface area contributed by atoms with Crippen LogP contribution in [0.25, 0.3) is 0 Å². The van der Waals surface area contributed by atoms with Gasteiger partial charge < -0.3 is 4.74 Å². The van der Waals surface area contributed by atoms with Gasteiger partial charge in [0, 0.05) is 32.7 Å². The Hall–Kier alpha value is -0.820. The number of ether oxygens (including phenoxy) is 1. The zero-order chi connectivity index (χ0) is 17.6. The predicted molar refractivity (Wildman–Crippen MR) is 98.2 cm³/mol. The van der Waals surface area contributed by atoms with Crippen molar-refractivity contribution in [2.45, 2.75) is 20.3 Å². The summed E-state index contributed by atoms with van der Waals surface area (Å²) in [6, 6.07) is 7.41. The minimum atomic E-state index is -3.11. The summed E-state index contributed by atoms with van der Waals surface area (Å²) in [5.41, 5.74) is 0. The number of benzene rings is 1. The Morgan fingerprint density at radius 1 is 1.17 bits per heavy atom. The number of nitrogens with zero attached hydrogens (tertiary/aromatic N) is 2. The molecule has 1 saturated heterocycles. The molecule has 24 heavy (non-hydrogen) atoms. The smallest absolute Gasteiger partial charge is 0.214 e. The summed E-state index contributed by atoms with van der Waals surface area (Å²) >= 11 is 6.05. The average Bonchev–Trinajstić information content (AvgIpc) is 2.55. The molecule has 0 N–H and O–H groups in total.